The van der Waals surface area contributed by atoms with E-state index >= 15 is 0 Å². The summed E-state index contributed by atoms with van der Waals surface area (Å²) in [6.07, 6.45) is 0.518. The summed E-state index contributed by atoms with van der Waals surface area (Å²) < 4.78 is 5.72. The van der Waals surface area contributed by atoms with Crippen LogP contribution in [0, 0.1) is 18.3 Å². The third-order valence-electron chi connectivity index (χ3n) is 3.12. The minimum absolute atomic E-state index is 0.259. The van der Waals surface area contributed by atoms with Crippen molar-refractivity contribution in [2.45, 2.75) is 33.0 Å². The van der Waals surface area contributed by atoms with Gasteiger partial charge >= 0.3 is 0 Å². The average molecular weight is 230 g/mol. The molecule has 3 heteroatoms. The van der Waals surface area contributed by atoms with Gasteiger partial charge in [0.05, 0.1) is 23.8 Å². The summed E-state index contributed by atoms with van der Waals surface area (Å²) >= 11 is 0. The molecule has 3 nitrogen and oxygen atoms in total. The lowest BCUT2D eigenvalue weighted by molar-refractivity contribution is -0.00522. The Labute approximate surface area is 103 Å². The normalized spacial score (nSPS) is 24.5. The van der Waals surface area contributed by atoms with Crippen LogP contribution >= 0.6 is 0 Å². The van der Waals surface area contributed by atoms with E-state index in [1.807, 2.05) is 19.1 Å². The van der Waals surface area contributed by atoms with Crippen LogP contribution in [-0.2, 0) is 4.74 Å². The number of hydrogen-bond acceptors (Lipinski definition) is 3. The lowest BCUT2D eigenvalue weighted by Crippen LogP contribution is -2.45. The maximum absolute atomic E-state index is 8.92. The highest BCUT2D eigenvalue weighted by atomic mass is 16.5. The second kappa shape index (κ2) is 4.77. The fourth-order valence-electron chi connectivity index (χ4n) is 2.36. The SMILES string of the molecule is Cc1cc(N2CC(C)OC(C)C2)ccc1C#N. The maximum Gasteiger partial charge on any atom is 0.0994 e. The summed E-state index contributed by atoms with van der Waals surface area (Å²) in [4.78, 5) is 2.33. The molecule has 0 spiro atoms. The molecule has 1 aliphatic rings. The van der Waals surface area contributed by atoms with Crippen molar-refractivity contribution in [3.63, 3.8) is 0 Å². The molecule has 1 heterocycles. The molecule has 1 saturated heterocycles. The van der Waals surface area contributed by atoms with Crippen molar-refractivity contribution in [2.24, 2.45) is 0 Å². The van der Waals surface area contributed by atoms with E-state index in [2.05, 4.69) is 30.9 Å². The molecule has 1 fully saturated rings. The number of hydrogen-bond donors (Lipinski definition) is 0. The van der Waals surface area contributed by atoms with Crippen LogP contribution in [0.3, 0.4) is 0 Å². The van der Waals surface area contributed by atoms with E-state index < -0.39 is 0 Å². The van der Waals surface area contributed by atoms with Crippen LogP contribution in [0.1, 0.15) is 25.0 Å². The van der Waals surface area contributed by atoms with Crippen molar-refractivity contribution in [2.75, 3.05) is 18.0 Å². The van der Waals surface area contributed by atoms with Crippen molar-refractivity contribution in [3.8, 4) is 6.07 Å². The van der Waals surface area contributed by atoms with Crippen molar-refractivity contribution in [1.82, 2.24) is 0 Å². The molecule has 0 aliphatic carbocycles. The molecule has 0 amide bonds. The highest BCUT2D eigenvalue weighted by Gasteiger charge is 2.22. The van der Waals surface area contributed by atoms with Gasteiger partial charge in [-0.3, -0.25) is 0 Å². The first kappa shape index (κ1) is 11.9. The van der Waals surface area contributed by atoms with Gasteiger partial charge in [0.1, 0.15) is 0 Å². The number of ether oxygens (including phenoxy) is 1. The third kappa shape index (κ3) is 2.59. The number of nitrogens with zero attached hydrogens (tertiary/aromatic N) is 2. The smallest absolute Gasteiger partial charge is 0.0994 e. The van der Waals surface area contributed by atoms with Crippen molar-refractivity contribution in [1.29, 1.82) is 5.26 Å². The second-order valence-electron chi connectivity index (χ2n) is 4.77. The van der Waals surface area contributed by atoms with Gasteiger partial charge in [-0.05, 0) is 44.5 Å². The molecular formula is C14H18N2O. The van der Waals surface area contributed by atoms with Crippen LogP contribution in [0.25, 0.3) is 0 Å². The third-order valence-corrected chi connectivity index (χ3v) is 3.12. The number of benzene rings is 1. The Hall–Kier alpha value is -1.53. The number of aryl methyl sites for hydroxylation is 1. The van der Waals surface area contributed by atoms with Gasteiger partial charge < -0.3 is 9.64 Å². The predicted molar refractivity (Wildman–Crippen MR) is 68.1 cm³/mol. The van der Waals surface area contributed by atoms with Gasteiger partial charge in [-0.15, -0.1) is 0 Å². The van der Waals surface area contributed by atoms with Gasteiger partial charge in [0.2, 0.25) is 0 Å². The van der Waals surface area contributed by atoms with Gasteiger partial charge in [-0.1, -0.05) is 0 Å². The van der Waals surface area contributed by atoms with Gasteiger partial charge in [0.25, 0.3) is 0 Å². The van der Waals surface area contributed by atoms with Gasteiger partial charge in [0.15, 0.2) is 0 Å². The van der Waals surface area contributed by atoms with Crippen LogP contribution in [0.15, 0.2) is 18.2 Å². The summed E-state index contributed by atoms with van der Waals surface area (Å²) in [5.74, 6) is 0. The number of morpholine rings is 1. The maximum atomic E-state index is 8.92. The Bertz CT molecular complexity index is 440. The molecule has 1 aromatic carbocycles. The molecular weight excluding hydrogens is 212 g/mol. The van der Waals surface area contributed by atoms with E-state index in [-0.39, 0.29) is 12.2 Å². The highest BCUT2D eigenvalue weighted by molar-refractivity contribution is 5.53. The molecule has 1 aromatic rings. The van der Waals surface area contributed by atoms with Crippen LogP contribution in [-0.4, -0.2) is 25.3 Å². The lowest BCUT2D eigenvalue weighted by Gasteiger charge is -2.37. The van der Waals surface area contributed by atoms with Gasteiger partial charge in [0, 0.05) is 18.8 Å². The zero-order valence-corrected chi connectivity index (χ0v) is 10.6. The quantitative estimate of drug-likeness (QED) is 0.743. The zero-order valence-electron chi connectivity index (χ0n) is 10.6. The van der Waals surface area contributed by atoms with Gasteiger partial charge in [-0.2, -0.15) is 5.26 Å². The van der Waals surface area contributed by atoms with Crippen LogP contribution in [0.2, 0.25) is 0 Å². The first-order valence-electron chi connectivity index (χ1n) is 6.01. The predicted octanol–water partition coefficient (Wildman–Crippen LogP) is 2.48. The molecule has 0 bridgehead atoms. The molecule has 0 saturated carbocycles. The summed E-state index contributed by atoms with van der Waals surface area (Å²) in [5, 5.41) is 8.92. The van der Waals surface area contributed by atoms with E-state index in [9.17, 15) is 0 Å². The van der Waals surface area contributed by atoms with E-state index in [1.54, 1.807) is 0 Å². The molecule has 2 atom stereocenters. The van der Waals surface area contributed by atoms with Crippen LogP contribution in [0.4, 0.5) is 5.69 Å². The summed E-state index contributed by atoms with van der Waals surface area (Å²) in [6, 6.07) is 8.21. The molecule has 1 aliphatic heterocycles. The zero-order chi connectivity index (χ0) is 12.4. The fraction of sp³-hybridized carbons (Fsp3) is 0.500. The summed E-state index contributed by atoms with van der Waals surface area (Å²) in [6.45, 7) is 8.00. The first-order valence-corrected chi connectivity index (χ1v) is 6.01. The standard InChI is InChI=1S/C14H18N2O/c1-10-6-14(5-4-13(10)7-15)16-8-11(2)17-12(3)9-16/h4-6,11-12H,8-9H2,1-3H3. The van der Waals surface area contributed by atoms with E-state index in [4.69, 9.17) is 10.00 Å². The summed E-state index contributed by atoms with van der Waals surface area (Å²) in [5.41, 5.74) is 2.98. The van der Waals surface area contributed by atoms with E-state index in [0.29, 0.717) is 0 Å². The topological polar surface area (TPSA) is 36.3 Å². The minimum atomic E-state index is 0.259. The molecule has 17 heavy (non-hydrogen) atoms. The molecule has 0 aromatic heterocycles. The largest absolute Gasteiger partial charge is 0.372 e. The number of anilines is 1. The van der Waals surface area contributed by atoms with E-state index in [0.717, 1.165) is 24.2 Å². The number of rotatable bonds is 1. The van der Waals surface area contributed by atoms with Crippen molar-refractivity contribution >= 4 is 5.69 Å². The molecule has 0 N–H and O–H groups in total. The van der Waals surface area contributed by atoms with Crippen molar-refractivity contribution in [3.05, 3.63) is 29.3 Å². The molecule has 0 radical (unpaired) electrons. The molecule has 2 unspecified atom stereocenters. The van der Waals surface area contributed by atoms with E-state index in [1.165, 1.54) is 5.69 Å². The Morgan fingerprint density at radius 2 is 1.94 bits per heavy atom. The number of nitriles is 1. The Morgan fingerprint density at radius 3 is 2.47 bits per heavy atom. The molecule has 2 rings (SSSR count). The van der Waals surface area contributed by atoms with Crippen molar-refractivity contribution < 1.29 is 4.74 Å². The Morgan fingerprint density at radius 1 is 1.29 bits per heavy atom. The Kier molecular flexibility index (Phi) is 3.35. The highest BCUT2D eigenvalue weighted by Crippen LogP contribution is 2.22. The lowest BCUT2D eigenvalue weighted by atomic mass is 10.1. The fourth-order valence-corrected chi connectivity index (χ4v) is 2.36. The van der Waals surface area contributed by atoms with Gasteiger partial charge in [-0.25, -0.2) is 0 Å². The first-order chi connectivity index (χ1) is 8.10. The Balaban J connectivity index is 2.22. The molecule has 90 valence electrons. The average Bonchev–Trinajstić information content (AvgIpc) is 2.27. The summed E-state index contributed by atoms with van der Waals surface area (Å²) in [7, 11) is 0. The minimum Gasteiger partial charge on any atom is -0.372 e. The van der Waals surface area contributed by atoms with Crippen LogP contribution < -0.4 is 4.90 Å². The van der Waals surface area contributed by atoms with Crippen LogP contribution in [0.5, 0.6) is 0 Å². The second-order valence-corrected chi connectivity index (χ2v) is 4.77. The monoisotopic (exact) mass is 230 g/mol.